The molecule has 1 aromatic rings. The minimum atomic E-state index is 0.149. The number of nitrogens with zero attached hydrogens (tertiary/aromatic N) is 2. The average molecular weight is 287 g/mol. The van der Waals surface area contributed by atoms with Crippen LogP contribution in [0.4, 0.5) is 5.95 Å². The number of nitrogens with one attached hydrogen (secondary N) is 1. The van der Waals surface area contributed by atoms with Crippen LogP contribution in [0.5, 0.6) is 0 Å². The van der Waals surface area contributed by atoms with Crippen molar-refractivity contribution in [1.82, 2.24) is 9.97 Å². The van der Waals surface area contributed by atoms with E-state index in [-0.39, 0.29) is 5.41 Å². The number of hydrogen-bond acceptors (Lipinski definition) is 4. The molecule has 0 fully saturated rings. The fourth-order valence-corrected chi connectivity index (χ4v) is 1.74. The van der Waals surface area contributed by atoms with Gasteiger partial charge in [0.25, 0.3) is 0 Å². The molecule has 0 amide bonds. The Labute approximate surface area is 105 Å². The summed E-state index contributed by atoms with van der Waals surface area (Å²) in [6, 6.07) is 0. The maximum atomic E-state index is 5.83. The second-order valence-electron chi connectivity index (χ2n) is 3.99. The quantitative estimate of drug-likeness (QED) is 0.843. The standard InChI is InChI=1S/C11H19BrN4/c1-3-11(4-2,7-13)8-16-10-14-5-9(12)6-15-10/h5-6H,3-4,7-8,13H2,1-2H3,(H,14,15,16). The van der Waals surface area contributed by atoms with Crippen LogP contribution >= 0.6 is 15.9 Å². The molecule has 1 aromatic heterocycles. The minimum absolute atomic E-state index is 0.149. The molecule has 1 rings (SSSR count). The lowest BCUT2D eigenvalue weighted by atomic mass is 9.82. The first-order valence-electron chi connectivity index (χ1n) is 5.57. The molecule has 0 atom stereocenters. The predicted octanol–water partition coefficient (Wildman–Crippen LogP) is 2.42. The van der Waals surface area contributed by atoms with Gasteiger partial charge in [0.1, 0.15) is 0 Å². The molecule has 1 heterocycles. The molecule has 0 aliphatic carbocycles. The smallest absolute Gasteiger partial charge is 0.222 e. The van der Waals surface area contributed by atoms with E-state index in [2.05, 4.69) is 45.1 Å². The topological polar surface area (TPSA) is 63.8 Å². The highest BCUT2D eigenvalue weighted by atomic mass is 79.9. The second-order valence-corrected chi connectivity index (χ2v) is 4.91. The fourth-order valence-electron chi connectivity index (χ4n) is 1.53. The molecule has 3 N–H and O–H groups in total. The molecule has 0 radical (unpaired) electrons. The van der Waals surface area contributed by atoms with Crippen LogP contribution in [0.1, 0.15) is 26.7 Å². The van der Waals surface area contributed by atoms with E-state index in [1.807, 2.05) is 0 Å². The maximum Gasteiger partial charge on any atom is 0.222 e. The van der Waals surface area contributed by atoms with Gasteiger partial charge in [0, 0.05) is 18.9 Å². The van der Waals surface area contributed by atoms with Crippen LogP contribution in [-0.4, -0.2) is 23.1 Å². The van der Waals surface area contributed by atoms with Crippen molar-refractivity contribution in [2.75, 3.05) is 18.4 Å². The third-order valence-electron chi connectivity index (χ3n) is 3.17. The lowest BCUT2D eigenvalue weighted by Gasteiger charge is -2.30. The summed E-state index contributed by atoms with van der Waals surface area (Å²) in [5.41, 5.74) is 5.98. The van der Waals surface area contributed by atoms with Gasteiger partial charge in [-0.2, -0.15) is 0 Å². The van der Waals surface area contributed by atoms with Crippen molar-refractivity contribution in [1.29, 1.82) is 0 Å². The molecule has 0 aliphatic rings. The van der Waals surface area contributed by atoms with E-state index in [1.165, 1.54) is 0 Å². The van der Waals surface area contributed by atoms with Gasteiger partial charge in [-0.25, -0.2) is 9.97 Å². The van der Waals surface area contributed by atoms with E-state index in [4.69, 9.17) is 5.73 Å². The van der Waals surface area contributed by atoms with E-state index >= 15 is 0 Å². The monoisotopic (exact) mass is 286 g/mol. The second kappa shape index (κ2) is 6.15. The number of rotatable bonds is 6. The van der Waals surface area contributed by atoms with Crippen molar-refractivity contribution in [2.24, 2.45) is 11.1 Å². The molecule has 16 heavy (non-hydrogen) atoms. The van der Waals surface area contributed by atoms with Crippen molar-refractivity contribution in [2.45, 2.75) is 26.7 Å². The lowest BCUT2D eigenvalue weighted by Crippen LogP contribution is -2.36. The van der Waals surface area contributed by atoms with E-state index in [1.54, 1.807) is 12.4 Å². The Bertz CT molecular complexity index is 300. The summed E-state index contributed by atoms with van der Waals surface area (Å²) >= 11 is 3.30. The van der Waals surface area contributed by atoms with Crippen molar-refractivity contribution in [3.05, 3.63) is 16.9 Å². The highest BCUT2D eigenvalue weighted by Crippen LogP contribution is 2.24. The highest BCUT2D eigenvalue weighted by molar-refractivity contribution is 9.10. The van der Waals surface area contributed by atoms with Gasteiger partial charge >= 0.3 is 0 Å². The van der Waals surface area contributed by atoms with Gasteiger partial charge in [0.2, 0.25) is 5.95 Å². The van der Waals surface area contributed by atoms with E-state index < -0.39 is 0 Å². The van der Waals surface area contributed by atoms with Gasteiger partial charge in [0.05, 0.1) is 4.47 Å². The zero-order valence-electron chi connectivity index (χ0n) is 9.83. The summed E-state index contributed by atoms with van der Waals surface area (Å²) in [7, 11) is 0. The van der Waals surface area contributed by atoms with Crippen LogP contribution in [0.25, 0.3) is 0 Å². The summed E-state index contributed by atoms with van der Waals surface area (Å²) in [5, 5.41) is 3.24. The first-order chi connectivity index (χ1) is 7.65. The third kappa shape index (κ3) is 3.42. The number of nitrogens with two attached hydrogens (primary N) is 1. The van der Waals surface area contributed by atoms with Crippen molar-refractivity contribution in [3.63, 3.8) is 0 Å². The molecule has 0 spiro atoms. The molecule has 5 heteroatoms. The molecule has 0 saturated carbocycles. The molecule has 4 nitrogen and oxygen atoms in total. The first kappa shape index (κ1) is 13.4. The highest BCUT2D eigenvalue weighted by Gasteiger charge is 2.24. The van der Waals surface area contributed by atoms with E-state index in [0.717, 1.165) is 23.9 Å². The molecule has 0 aromatic carbocycles. The number of hydrogen-bond donors (Lipinski definition) is 2. The van der Waals surface area contributed by atoms with Crippen molar-refractivity contribution >= 4 is 21.9 Å². The number of anilines is 1. The number of halogens is 1. The fraction of sp³-hybridized carbons (Fsp3) is 0.636. The molecular formula is C11H19BrN4. The summed E-state index contributed by atoms with van der Waals surface area (Å²) in [4.78, 5) is 8.35. The minimum Gasteiger partial charge on any atom is -0.354 e. The molecular weight excluding hydrogens is 268 g/mol. The van der Waals surface area contributed by atoms with E-state index in [9.17, 15) is 0 Å². The van der Waals surface area contributed by atoms with Gasteiger partial charge < -0.3 is 11.1 Å². The largest absolute Gasteiger partial charge is 0.354 e. The summed E-state index contributed by atoms with van der Waals surface area (Å²) in [6.07, 6.45) is 5.59. The molecule has 0 saturated heterocycles. The predicted molar refractivity (Wildman–Crippen MR) is 70.3 cm³/mol. The molecule has 0 bridgehead atoms. The normalized spacial score (nSPS) is 11.5. The SMILES string of the molecule is CCC(CC)(CN)CNc1ncc(Br)cn1. The van der Waals surface area contributed by atoms with Crippen molar-refractivity contribution in [3.8, 4) is 0 Å². The van der Waals surface area contributed by atoms with Gasteiger partial charge in [-0.15, -0.1) is 0 Å². The zero-order chi connectivity index (χ0) is 12.0. The Balaban J connectivity index is 2.58. The van der Waals surface area contributed by atoms with E-state index in [0.29, 0.717) is 12.5 Å². The van der Waals surface area contributed by atoms with Gasteiger partial charge in [0.15, 0.2) is 0 Å². The molecule has 0 unspecified atom stereocenters. The van der Waals surface area contributed by atoms with Gasteiger partial charge in [-0.05, 0) is 40.7 Å². The lowest BCUT2D eigenvalue weighted by molar-refractivity contribution is 0.294. The maximum absolute atomic E-state index is 5.83. The van der Waals surface area contributed by atoms with Gasteiger partial charge in [-0.3, -0.25) is 0 Å². The molecule has 0 aliphatic heterocycles. The Morgan fingerprint density at radius 2 is 1.88 bits per heavy atom. The van der Waals surface area contributed by atoms with Crippen LogP contribution in [0.3, 0.4) is 0 Å². The summed E-state index contributed by atoms with van der Waals surface area (Å²) in [6.45, 7) is 5.84. The van der Waals surface area contributed by atoms with Crippen LogP contribution in [-0.2, 0) is 0 Å². The van der Waals surface area contributed by atoms with Crippen LogP contribution < -0.4 is 11.1 Å². The van der Waals surface area contributed by atoms with Crippen molar-refractivity contribution < 1.29 is 0 Å². The summed E-state index contributed by atoms with van der Waals surface area (Å²) < 4.78 is 0.883. The Morgan fingerprint density at radius 3 is 2.31 bits per heavy atom. The third-order valence-corrected chi connectivity index (χ3v) is 3.58. The first-order valence-corrected chi connectivity index (χ1v) is 6.36. The summed E-state index contributed by atoms with van der Waals surface area (Å²) in [5.74, 6) is 0.655. The van der Waals surface area contributed by atoms with Crippen LogP contribution in [0.2, 0.25) is 0 Å². The Morgan fingerprint density at radius 1 is 1.31 bits per heavy atom. The van der Waals surface area contributed by atoms with Crippen LogP contribution in [0, 0.1) is 5.41 Å². The molecule has 90 valence electrons. The average Bonchev–Trinajstić information content (AvgIpc) is 2.34. The Kier molecular flexibility index (Phi) is 5.15. The Hall–Kier alpha value is -0.680. The zero-order valence-corrected chi connectivity index (χ0v) is 11.4. The van der Waals surface area contributed by atoms with Gasteiger partial charge in [-0.1, -0.05) is 13.8 Å². The number of aromatic nitrogens is 2. The van der Waals surface area contributed by atoms with Crippen LogP contribution in [0.15, 0.2) is 16.9 Å².